The maximum Gasteiger partial charge on any atom is 0.234 e. The first kappa shape index (κ1) is 11.6. The van der Waals surface area contributed by atoms with Gasteiger partial charge in [0.1, 0.15) is 5.01 Å². The van der Waals surface area contributed by atoms with Crippen molar-refractivity contribution in [3.63, 3.8) is 0 Å². The van der Waals surface area contributed by atoms with Gasteiger partial charge in [-0.1, -0.05) is 11.3 Å². The number of hydrogen-bond donors (Lipinski definition) is 0. The molecule has 3 heterocycles. The quantitative estimate of drug-likeness (QED) is 0.688. The Kier molecular flexibility index (Phi) is 3.21. The molecule has 0 bridgehead atoms. The molecule has 3 aromatic heterocycles. The highest BCUT2D eigenvalue weighted by atomic mass is 35.5. The van der Waals surface area contributed by atoms with Gasteiger partial charge in [0.2, 0.25) is 4.96 Å². The summed E-state index contributed by atoms with van der Waals surface area (Å²) < 4.78 is 1.77. The summed E-state index contributed by atoms with van der Waals surface area (Å²) in [6.07, 6.45) is 5.29. The van der Waals surface area contributed by atoms with Crippen molar-refractivity contribution in [1.29, 1.82) is 0 Å². The first-order chi connectivity index (χ1) is 8.88. The van der Waals surface area contributed by atoms with Gasteiger partial charge in [0.25, 0.3) is 0 Å². The van der Waals surface area contributed by atoms with Crippen molar-refractivity contribution in [3.05, 3.63) is 29.5 Å². The molecule has 0 saturated heterocycles. The van der Waals surface area contributed by atoms with Gasteiger partial charge in [-0.15, -0.1) is 21.8 Å². The molecule has 0 aliphatic heterocycles. The van der Waals surface area contributed by atoms with E-state index in [-0.39, 0.29) is 0 Å². The van der Waals surface area contributed by atoms with E-state index >= 15 is 0 Å². The molecule has 0 amide bonds. The van der Waals surface area contributed by atoms with Gasteiger partial charge in [-0.3, -0.25) is 4.98 Å². The standard InChI is InChI=1S/C11H10ClN5S/c12-5-1-4-9-16-17-10(14-15-11(17)18-9)8-3-2-6-13-7-8/h2-3,6-7H,1,4-5H2. The summed E-state index contributed by atoms with van der Waals surface area (Å²) in [5, 5.41) is 13.8. The van der Waals surface area contributed by atoms with Crippen LogP contribution in [0.1, 0.15) is 11.4 Å². The van der Waals surface area contributed by atoms with Crippen LogP contribution in [0.3, 0.4) is 0 Å². The van der Waals surface area contributed by atoms with Gasteiger partial charge in [-0.05, 0) is 18.6 Å². The average Bonchev–Trinajstić information content (AvgIpc) is 2.96. The van der Waals surface area contributed by atoms with Gasteiger partial charge in [0, 0.05) is 30.3 Å². The molecule has 0 aliphatic rings. The number of alkyl halides is 1. The van der Waals surface area contributed by atoms with Crippen molar-refractivity contribution in [2.45, 2.75) is 12.8 Å². The number of aromatic nitrogens is 5. The molecule has 0 spiro atoms. The molecule has 3 aromatic rings. The van der Waals surface area contributed by atoms with E-state index in [2.05, 4.69) is 20.3 Å². The van der Waals surface area contributed by atoms with Gasteiger partial charge < -0.3 is 0 Å². The van der Waals surface area contributed by atoms with Gasteiger partial charge in [-0.25, -0.2) is 0 Å². The van der Waals surface area contributed by atoms with Gasteiger partial charge in [0.15, 0.2) is 5.82 Å². The molecule has 0 atom stereocenters. The number of fused-ring (bicyclic) bond motifs is 1. The van der Waals surface area contributed by atoms with Crippen LogP contribution in [0.5, 0.6) is 0 Å². The Bertz CT molecular complexity index is 648. The number of hydrogen-bond acceptors (Lipinski definition) is 5. The third kappa shape index (κ3) is 2.09. The van der Waals surface area contributed by atoms with E-state index in [1.54, 1.807) is 28.2 Å². The van der Waals surface area contributed by atoms with Crippen molar-refractivity contribution >= 4 is 27.9 Å². The van der Waals surface area contributed by atoms with Crippen LogP contribution in [-0.4, -0.2) is 30.7 Å². The number of pyridine rings is 1. The molecular weight excluding hydrogens is 270 g/mol. The Balaban J connectivity index is 2.01. The fourth-order valence-electron chi connectivity index (χ4n) is 1.65. The van der Waals surface area contributed by atoms with Crippen LogP contribution < -0.4 is 0 Å². The third-order valence-electron chi connectivity index (χ3n) is 2.48. The lowest BCUT2D eigenvalue weighted by Gasteiger charge is -1.94. The van der Waals surface area contributed by atoms with Crippen LogP contribution in [0.25, 0.3) is 16.3 Å². The fraction of sp³-hybridized carbons (Fsp3) is 0.273. The Morgan fingerprint density at radius 1 is 1.33 bits per heavy atom. The van der Waals surface area contributed by atoms with Crippen molar-refractivity contribution in [2.24, 2.45) is 0 Å². The molecule has 7 heteroatoms. The van der Waals surface area contributed by atoms with Gasteiger partial charge in [-0.2, -0.15) is 9.61 Å². The number of aryl methyl sites for hydroxylation is 1. The Morgan fingerprint density at radius 3 is 3.06 bits per heavy atom. The Hall–Kier alpha value is -1.53. The second kappa shape index (κ2) is 4.99. The van der Waals surface area contributed by atoms with E-state index in [1.807, 2.05) is 12.1 Å². The Labute approximate surface area is 112 Å². The smallest absolute Gasteiger partial charge is 0.234 e. The lowest BCUT2D eigenvalue weighted by molar-refractivity contribution is 0.851. The second-order valence-corrected chi connectivity index (χ2v) is 5.17. The van der Waals surface area contributed by atoms with Crippen LogP contribution in [0.2, 0.25) is 0 Å². The predicted molar refractivity (Wildman–Crippen MR) is 70.9 cm³/mol. The second-order valence-electron chi connectivity index (χ2n) is 3.75. The van der Waals surface area contributed by atoms with Crippen LogP contribution in [-0.2, 0) is 6.42 Å². The normalized spacial score (nSPS) is 11.2. The lowest BCUT2D eigenvalue weighted by atomic mass is 10.3. The summed E-state index contributed by atoms with van der Waals surface area (Å²) in [6.45, 7) is 0. The molecule has 0 saturated carbocycles. The van der Waals surface area contributed by atoms with Gasteiger partial charge >= 0.3 is 0 Å². The van der Waals surface area contributed by atoms with E-state index < -0.39 is 0 Å². The third-order valence-corrected chi connectivity index (χ3v) is 3.70. The van der Waals surface area contributed by atoms with E-state index in [0.29, 0.717) is 5.88 Å². The zero-order valence-corrected chi connectivity index (χ0v) is 11.0. The first-order valence-electron chi connectivity index (χ1n) is 5.56. The van der Waals surface area contributed by atoms with Crippen molar-refractivity contribution in [1.82, 2.24) is 24.8 Å². The van der Waals surface area contributed by atoms with Crippen LogP contribution in [0.4, 0.5) is 0 Å². The highest BCUT2D eigenvalue weighted by Gasteiger charge is 2.12. The molecule has 0 aromatic carbocycles. The Morgan fingerprint density at radius 2 is 2.28 bits per heavy atom. The zero-order chi connectivity index (χ0) is 12.4. The summed E-state index contributed by atoms with van der Waals surface area (Å²) in [4.78, 5) is 4.89. The monoisotopic (exact) mass is 279 g/mol. The van der Waals surface area contributed by atoms with Gasteiger partial charge in [0.05, 0.1) is 0 Å². The molecule has 18 heavy (non-hydrogen) atoms. The highest BCUT2D eigenvalue weighted by molar-refractivity contribution is 7.16. The van der Waals surface area contributed by atoms with E-state index in [4.69, 9.17) is 11.6 Å². The van der Waals surface area contributed by atoms with Crippen LogP contribution >= 0.6 is 22.9 Å². The summed E-state index contributed by atoms with van der Waals surface area (Å²) in [6, 6.07) is 3.82. The molecule has 0 radical (unpaired) electrons. The predicted octanol–water partition coefficient (Wildman–Crippen LogP) is 2.42. The molecular formula is C11H10ClN5S. The summed E-state index contributed by atoms with van der Waals surface area (Å²) in [7, 11) is 0. The minimum atomic E-state index is 0.648. The molecule has 5 nitrogen and oxygen atoms in total. The average molecular weight is 280 g/mol. The first-order valence-corrected chi connectivity index (χ1v) is 6.91. The fourth-order valence-corrected chi connectivity index (χ4v) is 2.66. The molecule has 0 unspecified atom stereocenters. The van der Waals surface area contributed by atoms with E-state index in [1.165, 1.54) is 0 Å². The number of halogens is 1. The summed E-state index contributed by atoms with van der Waals surface area (Å²) >= 11 is 7.24. The number of nitrogens with zero attached hydrogens (tertiary/aromatic N) is 5. The van der Waals surface area contributed by atoms with Crippen LogP contribution in [0, 0.1) is 0 Å². The van der Waals surface area contributed by atoms with Crippen molar-refractivity contribution in [3.8, 4) is 11.4 Å². The minimum Gasteiger partial charge on any atom is -0.264 e. The lowest BCUT2D eigenvalue weighted by Crippen LogP contribution is -1.93. The molecule has 0 aliphatic carbocycles. The number of rotatable bonds is 4. The van der Waals surface area contributed by atoms with E-state index in [0.717, 1.165) is 34.2 Å². The zero-order valence-electron chi connectivity index (χ0n) is 9.45. The largest absolute Gasteiger partial charge is 0.264 e. The van der Waals surface area contributed by atoms with E-state index in [9.17, 15) is 0 Å². The minimum absolute atomic E-state index is 0.648. The molecule has 0 fully saturated rings. The maximum atomic E-state index is 5.69. The highest BCUT2D eigenvalue weighted by Crippen LogP contribution is 2.21. The molecule has 92 valence electrons. The van der Waals surface area contributed by atoms with Crippen molar-refractivity contribution in [2.75, 3.05) is 5.88 Å². The topological polar surface area (TPSA) is 56.0 Å². The summed E-state index contributed by atoms with van der Waals surface area (Å²) in [5.74, 6) is 1.38. The van der Waals surface area contributed by atoms with Crippen molar-refractivity contribution < 1.29 is 0 Å². The molecule has 0 N–H and O–H groups in total. The maximum absolute atomic E-state index is 5.69. The van der Waals surface area contributed by atoms with Crippen LogP contribution in [0.15, 0.2) is 24.5 Å². The summed E-state index contributed by atoms with van der Waals surface area (Å²) in [5.41, 5.74) is 0.916. The molecule has 3 rings (SSSR count). The SMILES string of the molecule is ClCCCc1nn2c(-c3cccnc3)nnc2s1.